The van der Waals surface area contributed by atoms with E-state index in [9.17, 15) is 0 Å². The number of hydrogen-bond acceptors (Lipinski definition) is 3. The maximum atomic E-state index is 5.38. The zero-order valence-corrected chi connectivity index (χ0v) is 10.2. The molecule has 0 aromatic heterocycles. The van der Waals surface area contributed by atoms with Crippen LogP contribution in [0.2, 0.25) is 0 Å². The van der Waals surface area contributed by atoms with Gasteiger partial charge in [-0.1, -0.05) is 35.9 Å². The summed E-state index contributed by atoms with van der Waals surface area (Å²) in [6.07, 6.45) is 0. The van der Waals surface area contributed by atoms with Crippen LogP contribution in [0.25, 0.3) is 0 Å². The van der Waals surface area contributed by atoms with Crippen LogP contribution in [0.5, 0.6) is 11.5 Å². The number of hydrogen-bond donors (Lipinski definition) is 0. The molecule has 0 spiro atoms. The summed E-state index contributed by atoms with van der Waals surface area (Å²) in [6.45, 7) is 2.02. The van der Waals surface area contributed by atoms with Crippen molar-refractivity contribution in [1.82, 2.24) is 0 Å². The molecule has 0 aliphatic carbocycles. The van der Waals surface area contributed by atoms with Crippen LogP contribution in [0.4, 0.5) is 0 Å². The van der Waals surface area contributed by atoms with Crippen LogP contribution >= 0.6 is 12.2 Å². The molecule has 0 fully saturated rings. The molecule has 2 aromatic carbocycles. The number of para-hydroxylation sites is 1. The fourth-order valence-electron chi connectivity index (χ4n) is 1.31. The van der Waals surface area contributed by atoms with Crippen LogP contribution in [0.15, 0.2) is 54.6 Å². The first-order valence-electron chi connectivity index (χ1n) is 5.25. The third kappa shape index (κ3) is 3.57. The lowest BCUT2D eigenvalue weighted by molar-refractivity contribution is 0.403. The Labute approximate surface area is 106 Å². The number of aryl methyl sites for hydroxylation is 1. The molecule has 0 radical (unpaired) electrons. The summed E-state index contributed by atoms with van der Waals surface area (Å²) in [6, 6.07) is 17.0. The van der Waals surface area contributed by atoms with Gasteiger partial charge in [-0.3, -0.25) is 0 Å². The number of thiocarbonyl (C=S) groups is 1. The predicted molar refractivity (Wildman–Crippen MR) is 71.5 cm³/mol. The highest BCUT2D eigenvalue weighted by Gasteiger charge is 2.02. The topological polar surface area (TPSA) is 18.5 Å². The van der Waals surface area contributed by atoms with Crippen molar-refractivity contribution in [2.24, 2.45) is 0 Å². The molecular weight excluding hydrogens is 232 g/mol. The van der Waals surface area contributed by atoms with E-state index in [0.29, 0.717) is 11.5 Å². The van der Waals surface area contributed by atoms with Crippen LogP contribution in [-0.4, -0.2) is 5.24 Å². The Balaban J connectivity index is 1.96. The van der Waals surface area contributed by atoms with Gasteiger partial charge in [0.1, 0.15) is 11.5 Å². The molecular formula is C14H12O2S. The average Bonchev–Trinajstić information content (AvgIpc) is 2.33. The van der Waals surface area contributed by atoms with Crippen LogP contribution in [0, 0.1) is 6.92 Å². The predicted octanol–water partition coefficient (Wildman–Crippen LogP) is 3.74. The molecule has 0 N–H and O–H groups in total. The summed E-state index contributed by atoms with van der Waals surface area (Å²) >= 11 is 5.01. The van der Waals surface area contributed by atoms with Gasteiger partial charge in [-0.25, -0.2) is 0 Å². The first-order valence-corrected chi connectivity index (χ1v) is 5.66. The lowest BCUT2D eigenvalue weighted by Gasteiger charge is -2.08. The van der Waals surface area contributed by atoms with E-state index in [4.69, 9.17) is 21.7 Å². The molecule has 0 unspecified atom stereocenters. The minimum absolute atomic E-state index is 0.0973. The van der Waals surface area contributed by atoms with Crippen molar-refractivity contribution < 1.29 is 9.47 Å². The first kappa shape index (κ1) is 11.6. The van der Waals surface area contributed by atoms with Crippen LogP contribution in [0.1, 0.15) is 5.56 Å². The smallest absolute Gasteiger partial charge is 0.363 e. The molecule has 0 saturated carbocycles. The number of rotatable bonds is 2. The lowest BCUT2D eigenvalue weighted by atomic mass is 10.2. The van der Waals surface area contributed by atoms with Crippen molar-refractivity contribution in [1.29, 1.82) is 0 Å². The summed E-state index contributed by atoms with van der Waals surface area (Å²) in [4.78, 5) is 0. The lowest BCUT2D eigenvalue weighted by Crippen LogP contribution is -2.13. The standard InChI is InChI=1S/C14H12O2S/c1-11-7-9-13(10-8-11)16-14(17)15-12-5-3-2-4-6-12/h2-10H,1H3. The van der Waals surface area contributed by atoms with E-state index in [1.54, 1.807) is 0 Å². The highest BCUT2D eigenvalue weighted by Crippen LogP contribution is 2.14. The quantitative estimate of drug-likeness (QED) is 0.750. The average molecular weight is 244 g/mol. The molecule has 2 nitrogen and oxygen atoms in total. The molecule has 86 valence electrons. The van der Waals surface area contributed by atoms with E-state index in [1.807, 2.05) is 61.5 Å². The fourth-order valence-corrected chi connectivity index (χ4v) is 1.50. The van der Waals surface area contributed by atoms with Gasteiger partial charge in [-0.2, -0.15) is 0 Å². The Bertz CT molecular complexity index is 491. The van der Waals surface area contributed by atoms with Gasteiger partial charge >= 0.3 is 5.24 Å². The van der Waals surface area contributed by atoms with Crippen molar-refractivity contribution in [3.05, 3.63) is 60.2 Å². The van der Waals surface area contributed by atoms with Gasteiger partial charge in [0.05, 0.1) is 0 Å². The summed E-state index contributed by atoms with van der Waals surface area (Å²) in [5.74, 6) is 1.35. The van der Waals surface area contributed by atoms with Gasteiger partial charge in [-0.05, 0) is 31.2 Å². The monoisotopic (exact) mass is 244 g/mol. The molecule has 0 heterocycles. The van der Waals surface area contributed by atoms with E-state index in [-0.39, 0.29) is 5.24 Å². The van der Waals surface area contributed by atoms with E-state index >= 15 is 0 Å². The van der Waals surface area contributed by atoms with Gasteiger partial charge in [0.25, 0.3) is 0 Å². The molecule has 2 rings (SSSR count). The largest absolute Gasteiger partial charge is 0.417 e. The van der Waals surface area contributed by atoms with Crippen LogP contribution < -0.4 is 9.47 Å². The molecule has 17 heavy (non-hydrogen) atoms. The van der Waals surface area contributed by atoms with Gasteiger partial charge in [0, 0.05) is 12.2 Å². The highest BCUT2D eigenvalue weighted by atomic mass is 32.1. The van der Waals surface area contributed by atoms with Gasteiger partial charge in [-0.15, -0.1) is 0 Å². The van der Waals surface area contributed by atoms with Crippen molar-refractivity contribution in [2.75, 3.05) is 0 Å². The van der Waals surface area contributed by atoms with E-state index < -0.39 is 0 Å². The second kappa shape index (κ2) is 5.46. The second-order valence-electron chi connectivity index (χ2n) is 3.58. The molecule has 0 saturated heterocycles. The Kier molecular flexibility index (Phi) is 3.73. The zero-order valence-electron chi connectivity index (χ0n) is 9.42. The minimum Gasteiger partial charge on any atom is -0.417 e. The van der Waals surface area contributed by atoms with Gasteiger partial charge in [0.2, 0.25) is 0 Å². The summed E-state index contributed by atoms with van der Waals surface area (Å²) in [5, 5.41) is 0.0973. The maximum absolute atomic E-state index is 5.38. The zero-order chi connectivity index (χ0) is 12.1. The van der Waals surface area contributed by atoms with Gasteiger partial charge in [0.15, 0.2) is 0 Å². The summed E-state index contributed by atoms with van der Waals surface area (Å²) < 4.78 is 10.7. The fraction of sp³-hybridized carbons (Fsp3) is 0.0714. The Hall–Kier alpha value is -1.87. The van der Waals surface area contributed by atoms with Crippen molar-refractivity contribution in [3.8, 4) is 11.5 Å². The Morgan fingerprint density at radius 2 is 1.35 bits per heavy atom. The first-order chi connectivity index (χ1) is 8.24. The molecule has 0 amide bonds. The number of benzene rings is 2. The van der Waals surface area contributed by atoms with Crippen molar-refractivity contribution in [3.63, 3.8) is 0 Å². The van der Waals surface area contributed by atoms with E-state index in [2.05, 4.69) is 0 Å². The number of ether oxygens (including phenoxy) is 2. The van der Waals surface area contributed by atoms with E-state index in [1.165, 1.54) is 5.56 Å². The Morgan fingerprint density at radius 1 is 0.824 bits per heavy atom. The molecule has 3 heteroatoms. The normalized spacial score (nSPS) is 9.71. The maximum Gasteiger partial charge on any atom is 0.363 e. The summed E-state index contributed by atoms with van der Waals surface area (Å²) in [7, 11) is 0. The molecule has 0 aliphatic heterocycles. The molecule has 0 aliphatic rings. The van der Waals surface area contributed by atoms with Crippen molar-refractivity contribution >= 4 is 17.5 Å². The summed E-state index contributed by atoms with van der Waals surface area (Å²) in [5.41, 5.74) is 1.17. The van der Waals surface area contributed by atoms with E-state index in [0.717, 1.165) is 0 Å². The van der Waals surface area contributed by atoms with Crippen LogP contribution in [0.3, 0.4) is 0 Å². The minimum atomic E-state index is 0.0973. The SMILES string of the molecule is Cc1ccc(OC(=S)Oc2ccccc2)cc1. The van der Waals surface area contributed by atoms with Crippen molar-refractivity contribution in [2.45, 2.75) is 6.92 Å². The third-order valence-corrected chi connectivity index (χ3v) is 2.33. The highest BCUT2D eigenvalue weighted by molar-refractivity contribution is 7.79. The van der Waals surface area contributed by atoms with Gasteiger partial charge < -0.3 is 9.47 Å². The second-order valence-corrected chi connectivity index (χ2v) is 3.91. The van der Waals surface area contributed by atoms with Crippen LogP contribution in [-0.2, 0) is 0 Å². The third-order valence-electron chi connectivity index (χ3n) is 2.17. The molecule has 2 aromatic rings. The molecule has 0 atom stereocenters. The Morgan fingerprint density at radius 3 is 1.94 bits per heavy atom. The molecule has 0 bridgehead atoms.